The van der Waals surface area contributed by atoms with Crippen LogP contribution in [0.25, 0.3) is 0 Å². The van der Waals surface area contributed by atoms with Crippen LogP contribution in [-0.2, 0) is 38.3 Å². The van der Waals surface area contributed by atoms with Crippen LogP contribution in [-0.4, -0.2) is 115 Å². The summed E-state index contributed by atoms with van der Waals surface area (Å²) < 4.78 is 5.57. The summed E-state index contributed by atoms with van der Waals surface area (Å²) in [4.78, 5) is 95.7. The molecular formula is C34H61N5O8. The Kier molecular flexibility index (Phi) is 19.1. The first-order valence-electron chi connectivity index (χ1n) is 16.7. The summed E-state index contributed by atoms with van der Waals surface area (Å²) in [7, 11) is 5.91. The van der Waals surface area contributed by atoms with Gasteiger partial charge in [-0.25, -0.2) is 0 Å². The van der Waals surface area contributed by atoms with E-state index >= 15 is 0 Å². The summed E-state index contributed by atoms with van der Waals surface area (Å²) in [5.41, 5.74) is 0. The average Bonchev–Trinajstić information content (AvgIpc) is 2.99. The van der Waals surface area contributed by atoms with Gasteiger partial charge in [-0.3, -0.25) is 28.8 Å². The maximum Gasteiger partial charge on any atom is 0.303 e. The van der Waals surface area contributed by atoms with Gasteiger partial charge in [0.1, 0.15) is 36.6 Å². The second-order valence-corrected chi connectivity index (χ2v) is 13.7. The van der Waals surface area contributed by atoms with E-state index in [1.165, 1.54) is 30.9 Å². The minimum absolute atomic E-state index is 0.0669. The van der Waals surface area contributed by atoms with Crippen LogP contribution in [0.2, 0.25) is 0 Å². The van der Waals surface area contributed by atoms with Crippen molar-refractivity contribution in [3.05, 3.63) is 0 Å². The lowest BCUT2D eigenvalue weighted by Gasteiger charge is -2.41. The van der Waals surface area contributed by atoms with E-state index in [9.17, 15) is 33.6 Å². The molecule has 0 rings (SSSR count). The van der Waals surface area contributed by atoms with Crippen molar-refractivity contribution in [2.24, 2.45) is 23.7 Å². The topological polar surface area (TPSA) is 162 Å². The van der Waals surface area contributed by atoms with Crippen molar-refractivity contribution in [2.45, 2.75) is 125 Å². The van der Waals surface area contributed by atoms with E-state index in [0.29, 0.717) is 25.0 Å². The van der Waals surface area contributed by atoms with Crippen LogP contribution in [0.1, 0.15) is 94.4 Å². The number of ether oxygens (including phenoxy) is 1. The number of hydrogen-bond acceptors (Lipinski definition) is 8. The van der Waals surface area contributed by atoms with Crippen molar-refractivity contribution in [3.63, 3.8) is 0 Å². The van der Waals surface area contributed by atoms with Crippen molar-refractivity contribution in [2.75, 3.05) is 28.2 Å². The third kappa shape index (κ3) is 13.3. The van der Waals surface area contributed by atoms with Crippen LogP contribution in [0.3, 0.4) is 0 Å². The third-order valence-corrected chi connectivity index (χ3v) is 8.39. The Morgan fingerprint density at radius 1 is 0.787 bits per heavy atom. The van der Waals surface area contributed by atoms with Crippen LogP contribution < -0.4 is 10.6 Å². The Morgan fingerprint density at radius 3 is 1.77 bits per heavy atom. The molecule has 5 amide bonds. The van der Waals surface area contributed by atoms with Crippen LogP contribution in [0.5, 0.6) is 0 Å². The molecule has 0 aliphatic rings. The zero-order valence-corrected chi connectivity index (χ0v) is 30.9. The fourth-order valence-corrected chi connectivity index (χ4v) is 5.55. The molecule has 270 valence electrons. The molecule has 0 radical (unpaired) electrons. The molecule has 0 bridgehead atoms. The van der Waals surface area contributed by atoms with Gasteiger partial charge in [0.05, 0.1) is 0 Å². The monoisotopic (exact) mass is 667 g/mol. The Balaban J connectivity index is 6.87. The first-order chi connectivity index (χ1) is 21.8. The normalized spacial score (nSPS) is 15.1. The fourth-order valence-electron chi connectivity index (χ4n) is 5.55. The molecule has 0 aliphatic carbocycles. The number of hydrogen-bond donors (Lipinski definition) is 2. The second kappa shape index (κ2) is 20.7. The standard InChI is InChI=1S/C34H61N5O8/c1-14-25(31(43)35-10)36-32(44)29(30(47-24(9)41)23(8)17-18-40)39(13)34(46)28(22(6)7)38(12)33(45)26(19-21(4)5)37(11)27(42)16-15-20(2)3/h18,20-23,25-26,28-30H,14-17,19H2,1-13H3,(H,35,43)(H,36,44)/t23-,25+,26+,28+,29+,30-/m1/s1. The maximum absolute atomic E-state index is 14.4. The van der Waals surface area contributed by atoms with E-state index in [1.54, 1.807) is 34.7 Å². The Hall–Kier alpha value is -3.51. The Morgan fingerprint density at radius 2 is 1.34 bits per heavy atom. The molecule has 47 heavy (non-hydrogen) atoms. The van der Waals surface area contributed by atoms with Gasteiger partial charge in [0.15, 0.2) is 0 Å². The predicted octanol–water partition coefficient (Wildman–Crippen LogP) is 2.40. The molecular weight excluding hydrogens is 606 g/mol. The van der Waals surface area contributed by atoms with Gasteiger partial charge in [0, 0.05) is 53.9 Å². The number of aldehydes is 1. The van der Waals surface area contributed by atoms with Gasteiger partial charge in [-0.15, -0.1) is 0 Å². The molecule has 0 saturated heterocycles. The summed E-state index contributed by atoms with van der Waals surface area (Å²) in [5, 5.41) is 5.16. The average molecular weight is 668 g/mol. The van der Waals surface area contributed by atoms with Gasteiger partial charge >= 0.3 is 5.97 Å². The van der Waals surface area contributed by atoms with Crippen LogP contribution in [0.15, 0.2) is 0 Å². The molecule has 0 heterocycles. The molecule has 6 atom stereocenters. The van der Waals surface area contributed by atoms with Gasteiger partial charge in [-0.05, 0) is 37.0 Å². The molecule has 2 N–H and O–H groups in total. The largest absolute Gasteiger partial charge is 0.459 e. The van der Waals surface area contributed by atoms with Crippen molar-refractivity contribution in [1.82, 2.24) is 25.3 Å². The molecule has 0 aromatic heterocycles. The number of nitrogens with one attached hydrogen (secondary N) is 2. The van der Waals surface area contributed by atoms with Crippen molar-refractivity contribution in [1.29, 1.82) is 0 Å². The Bertz CT molecular complexity index is 1080. The number of amides is 5. The minimum atomic E-state index is -1.45. The summed E-state index contributed by atoms with van der Waals surface area (Å²) in [6, 6.07) is -4.28. The summed E-state index contributed by atoms with van der Waals surface area (Å²) >= 11 is 0. The predicted molar refractivity (Wildman–Crippen MR) is 180 cm³/mol. The molecule has 13 heteroatoms. The number of likely N-dealkylation sites (N-methyl/N-ethyl adjacent to an activating group) is 4. The molecule has 0 aliphatic heterocycles. The lowest BCUT2D eigenvalue weighted by atomic mass is 9.91. The quantitative estimate of drug-likeness (QED) is 0.148. The summed E-state index contributed by atoms with van der Waals surface area (Å²) in [6.45, 7) is 16.0. The zero-order valence-electron chi connectivity index (χ0n) is 30.9. The molecule has 0 fully saturated rings. The smallest absolute Gasteiger partial charge is 0.303 e. The molecule has 0 spiro atoms. The van der Waals surface area contributed by atoms with Crippen molar-refractivity contribution >= 4 is 41.8 Å². The molecule has 0 unspecified atom stereocenters. The number of carbonyl (C=O) groups is 7. The number of esters is 1. The highest BCUT2D eigenvalue weighted by molar-refractivity contribution is 5.96. The maximum atomic E-state index is 14.4. The van der Waals surface area contributed by atoms with Gasteiger partial charge in [0.2, 0.25) is 29.5 Å². The van der Waals surface area contributed by atoms with Crippen LogP contribution >= 0.6 is 0 Å². The second-order valence-electron chi connectivity index (χ2n) is 13.7. The highest BCUT2D eigenvalue weighted by Crippen LogP contribution is 2.24. The van der Waals surface area contributed by atoms with Crippen molar-refractivity contribution < 1.29 is 38.3 Å². The van der Waals surface area contributed by atoms with Gasteiger partial charge in [0.25, 0.3) is 0 Å². The van der Waals surface area contributed by atoms with E-state index in [1.807, 2.05) is 27.7 Å². The number of carbonyl (C=O) groups excluding carboxylic acids is 7. The highest BCUT2D eigenvalue weighted by Gasteiger charge is 2.45. The summed E-state index contributed by atoms with van der Waals surface area (Å²) in [6.07, 6.45) is 0.893. The first-order valence-corrected chi connectivity index (χ1v) is 16.7. The third-order valence-electron chi connectivity index (χ3n) is 8.39. The van der Waals surface area contributed by atoms with Gasteiger partial charge < -0.3 is 34.9 Å². The molecule has 13 nitrogen and oxygen atoms in total. The van der Waals surface area contributed by atoms with Crippen molar-refractivity contribution in [3.8, 4) is 0 Å². The zero-order chi connectivity index (χ0) is 36.8. The lowest BCUT2D eigenvalue weighted by Crippen LogP contribution is -2.63. The Labute approximate surface area is 281 Å². The fraction of sp³-hybridized carbons (Fsp3) is 0.794. The highest BCUT2D eigenvalue weighted by atomic mass is 16.5. The van der Waals surface area contributed by atoms with Gasteiger partial charge in [-0.1, -0.05) is 55.4 Å². The van der Waals surface area contributed by atoms with E-state index < -0.39 is 71.7 Å². The van der Waals surface area contributed by atoms with E-state index in [2.05, 4.69) is 10.6 Å². The van der Waals surface area contributed by atoms with Crippen LogP contribution in [0.4, 0.5) is 0 Å². The number of rotatable bonds is 20. The first kappa shape index (κ1) is 43.5. The minimum Gasteiger partial charge on any atom is -0.459 e. The molecule has 0 saturated carbocycles. The molecule has 0 aromatic carbocycles. The van der Waals surface area contributed by atoms with Crippen LogP contribution in [0, 0.1) is 23.7 Å². The van der Waals surface area contributed by atoms with E-state index in [4.69, 9.17) is 4.74 Å². The van der Waals surface area contributed by atoms with Gasteiger partial charge in [-0.2, -0.15) is 0 Å². The van der Waals surface area contributed by atoms with E-state index in [-0.39, 0.29) is 31.1 Å². The lowest BCUT2D eigenvalue weighted by molar-refractivity contribution is -0.164. The molecule has 0 aromatic rings. The SMILES string of the molecule is CC[C@H](NC(=O)[C@H]([C@H](OC(C)=O)[C@H](C)CC=O)N(C)C(=O)[C@H](C(C)C)N(C)C(=O)[C@H](CC(C)C)N(C)C(=O)CCC(C)C)C(=O)NC. The number of nitrogens with zero attached hydrogens (tertiary/aromatic N) is 3. The van der Waals surface area contributed by atoms with E-state index in [0.717, 1.165) is 11.8 Å². The summed E-state index contributed by atoms with van der Waals surface area (Å²) in [5.74, 6) is -3.87.